The predicted octanol–water partition coefficient (Wildman–Crippen LogP) is 7.11. The minimum atomic E-state index is -0.612. The van der Waals surface area contributed by atoms with E-state index in [1.54, 1.807) is 6.07 Å². The van der Waals surface area contributed by atoms with Gasteiger partial charge in [0.25, 0.3) is 0 Å². The lowest BCUT2D eigenvalue weighted by Gasteiger charge is -2.35. The molecule has 0 radical (unpaired) electrons. The first-order chi connectivity index (χ1) is 11.6. The highest BCUT2D eigenvalue weighted by Crippen LogP contribution is 2.42. The summed E-state index contributed by atoms with van der Waals surface area (Å²) in [6.45, 7) is 6.74. The summed E-state index contributed by atoms with van der Waals surface area (Å²) < 4.78 is 13.1. The Balaban J connectivity index is 1.71. The van der Waals surface area contributed by atoms with Crippen LogP contribution in [0.25, 0.3) is 0 Å². The van der Waals surface area contributed by atoms with E-state index >= 15 is 0 Å². The highest BCUT2D eigenvalue weighted by molar-refractivity contribution is 5.15. The van der Waals surface area contributed by atoms with Gasteiger partial charge in [-0.15, -0.1) is 0 Å². The molecule has 0 aromatic heterocycles. The monoisotopic (exact) mass is 331 g/mol. The molecule has 0 unspecified atom stereocenters. The van der Waals surface area contributed by atoms with E-state index in [0.717, 1.165) is 37.5 Å². The van der Waals surface area contributed by atoms with Crippen molar-refractivity contribution in [1.29, 1.82) is 5.26 Å². The summed E-state index contributed by atoms with van der Waals surface area (Å²) in [6, 6.07) is 1.60. The first-order valence-electron chi connectivity index (χ1n) is 10.1. The van der Waals surface area contributed by atoms with E-state index in [4.69, 9.17) is 5.26 Å². The summed E-state index contributed by atoms with van der Waals surface area (Å²) in [6.07, 6.45) is 16.8. The van der Waals surface area contributed by atoms with Gasteiger partial charge < -0.3 is 0 Å². The van der Waals surface area contributed by atoms with Crippen LogP contribution in [0.4, 0.5) is 4.39 Å². The summed E-state index contributed by atoms with van der Waals surface area (Å²) in [5, 5.41) is 8.56. The standard InChI is InChI=1S/C22H34FN/c1-3-4-5-6-18-7-11-20(12-8-18)17(2)21-13-9-19(10-14-21)15-22(23)16-24/h15,18-21H,2-14H2,1H3/b22-15+. The molecule has 0 heterocycles. The van der Waals surface area contributed by atoms with Crippen molar-refractivity contribution in [2.45, 2.75) is 84.0 Å². The van der Waals surface area contributed by atoms with Gasteiger partial charge in [0.15, 0.2) is 5.83 Å². The Morgan fingerprint density at radius 1 is 1.04 bits per heavy atom. The first kappa shape index (κ1) is 19.2. The number of hydrogen-bond acceptors (Lipinski definition) is 1. The second kappa shape index (κ2) is 10.0. The zero-order chi connectivity index (χ0) is 17.4. The van der Waals surface area contributed by atoms with Crippen molar-refractivity contribution in [3.63, 3.8) is 0 Å². The van der Waals surface area contributed by atoms with Gasteiger partial charge in [-0.2, -0.15) is 9.65 Å². The molecule has 134 valence electrons. The van der Waals surface area contributed by atoms with Crippen molar-refractivity contribution in [3.05, 3.63) is 24.1 Å². The molecule has 1 nitrogen and oxygen atoms in total. The highest BCUT2D eigenvalue weighted by Gasteiger charge is 2.29. The van der Waals surface area contributed by atoms with E-state index in [-0.39, 0.29) is 5.92 Å². The van der Waals surface area contributed by atoms with Crippen LogP contribution in [0.15, 0.2) is 24.1 Å². The lowest BCUT2D eigenvalue weighted by atomic mass is 9.70. The number of allylic oxidation sites excluding steroid dienone is 3. The number of halogens is 1. The molecule has 2 fully saturated rings. The van der Waals surface area contributed by atoms with Crippen molar-refractivity contribution in [2.24, 2.45) is 23.7 Å². The predicted molar refractivity (Wildman–Crippen MR) is 99.0 cm³/mol. The van der Waals surface area contributed by atoms with Crippen LogP contribution in [0.2, 0.25) is 0 Å². The molecular weight excluding hydrogens is 297 g/mol. The van der Waals surface area contributed by atoms with Crippen molar-refractivity contribution in [3.8, 4) is 6.07 Å². The fourth-order valence-electron chi connectivity index (χ4n) is 4.74. The second-order valence-corrected chi connectivity index (χ2v) is 8.03. The minimum Gasteiger partial charge on any atom is -0.195 e. The fourth-order valence-corrected chi connectivity index (χ4v) is 4.74. The zero-order valence-electron chi connectivity index (χ0n) is 15.4. The second-order valence-electron chi connectivity index (χ2n) is 8.03. The molecule has 0 amide bonds. The van der Waals surface area contributed by atoms with Gasteiger partial charge in [-0.1, -0.05) is 44.8 Å². The normalized spacial score (nSPS) is 31.5. The molecule has 24 heavy (non-hydrogen) atoms. The van der Waals surface area contributed by atoms with Crippen LogP contribution in [-0.4, -0.2) is 0 Å². The van der Waals surface area contributed by atoms with Crippen molar-refractivity contribution >= 4 is 0 Å². The number of unbranched alkanes of at least 4 members (excludes halogenated alkanes) is 2. The molecule has 0 N–H and O–H groups in total. The third kappa shape index (κ3) is 5.76. The maximum Gasteiger partial charge on any atom is 0.196 e. The summed E-state index contributed by atoms with van der Waals surface area (Å²) in [5.74, 6) is 1.94. The number of hydrogen-bond donors (Lipinski definition) is 0. The first-order valence-corrected chi connectivity index (χ1v) is 10.1. The smallest absolute Gasteiger partial charge is 0.195 e. The summed E-state index contributed by atoms with van der Waals surface area (Å²) in [4.78, 5) is 0. The Morgan fingerprint density at radius 2 is 1.62 bits per heavy atom. The molecule has 0 aromatic carbocycles. The molecule has 2 aliphatic rings. The number of nitriles is 1. The molecule has 2 aliphatic carbocycles. The van der Waals surface area contributed by atoms with E-state index in [0.29, 0.717) is 5.92 Å². The summed E-state index contributed by atoms with van der Waals surface area (Å²) in [7, 11) is 0. The van der Waals surface area contributed by atoms with Gasteiger partial charge in [0.2, 0.25) is 0 Å². The van der Waals surface area contributed by atoms with Crippen LogP contribution < -0.4 is 0 Å². The van der Waals surface area contributed by atoms with E-state index < -0.39 is 5.83 Å². The molecule has 0 aliphatic heterocycles. The van der Waals surface area contributed by atoms with E-state index in [2.05, 4.69) is 13.5 Å². The fraction of sp³-hybridized carbons (Fsp3) is 0.773. The average Bonchev–Trinajstić information content (AvgIpc) is 2.62. The Kier molecular flexibility index (Phi) is 8.03. The lowest BCUT2D eigenvalue weighted by Crippen LogP contribution is -2.22. The molecule has 0 aromatic rings. The molecule has 0 atom stereocenters. The van der Waals surface area contributed by atoms with Crippen molar-refractivity contribution in [2.75, 3.05) is 0 Å². The van der Waals surface area contributed by atoms with Gasteiger partial charge in [-0.3, -0.25) is 0 Å². The molecule has 0 bridgehead atoms. The van der Waals surface area contributed by atoms with Gasteiger partial charge in [0.1, 0.15) is 6.07 Å². The van der Waals surface area contributed by atoms with Crippen LogP contribution >= 0.6 is 0 Å². The van der Waals surface area contributed by atoms with Crippen LogP contribution in [0.3, 0.4) is 0 Å². The van der Waals surface area contributed by atoms with Gasteiger partial charge in [-0.25, -0.2) is 0 Å². The van der Waals surface area contributed by atoms with E-state index in [1.807, 2.05) is 0 Å². The van der Waals surface area contributed by atoms with Crippen LogP contribution in [-0.2, 0) is 0 Å². The number of nitrogens with zero attached hydrogens (tertiary/aromatic N) is 1. The van der Waals surface area contributed by atoms with Gasteiger partial charge in [0.05, 0.1) is 0 Å². The maximum atomic E-state index is 13.1. The lowest BCUT2D eigenvalue weighted by molar-refractivity contribution is 0.252. The van der Waals surface area contributed by atoms with E-state index in [9.17, 15) is 4.39 Å². The Labute approximate surface area is 148 Å². The van der Waals surface area contributed by atoms with Gasteiger partial charge in [-0.05, 0) is 81.1 Å². The Hall–Kier alpha value is -1.10. The molecule has 2 saturated carbocycles. The average molecular weight is 332 g/mol. The van der Waals surface area contributed by atoms with Crippen molar-refractivity contribution in [1.82, 2.24) is 0 Å². The summed E-state index contributed by atoms with van der Waals surface area (Å²) in [5.41, 5.74) is 1.48. The number of rotatable bonds is 7. The van der Waals surface area contributed by atoms with Crippen molar-refractivity contribution < 1.29 is 4.39 Å². The van der Waals surface area contributed by atoms with Crippen LogP contribution in [0, 0.1) is 35.0 Å². The van der Waals surface area contributed by atoms with Crippen LogP contribution in [0.1, 0.15) is 84.0 Å². The zero-order valence-corrected chi connectivity index (χ0v) is 15.4. The van der Waals surface area contributed by atoms with E-state index in [1.165, 1.54) is 63.0 Å². The van der Waals surface area contributed by atoms with Gasteiger partial charge >= 0.3 is 0 Å². The third-order valence-corrected chi connectivity index (χ3v) is 6.37. The molecular formula is C22H34FN. The maximum absolute atomic E-state index is 13.1. The SMILES string of the molecule is C=C(C1CCC(/C=C(/F)C#N)CC1)C1CCC(CCCCC)CC1. The highest BCUT2D eigenvalue weighted by atomic mass is 19.1. The quantitative estimate of drug-likeness (QED) is 0.277. The Bertz CT molecular complexity index is 457. The molecule has 2 heteroatoms. The summed E-state index contributed by atoms with van der Waals surface area (Å²) >= 11 is 0. The van der Waals surface area contributed by atoms with Gasteiger partial charge in [0, 0.05) is 0 Å². The van der Waals surface area contributed by atoms with Crippen LogP contribution in [0.5, 0.6) is 0 Å². The minimum absolute atomic E-state index is 0.253. The Morgan fingerprint density at radius 3 is 2.17 bits per heavy atom. The molecule has 0 saturated heterocycles. The topological polar surface area (TPSA) is 23.8 Å². The molecule has 0 spiro atoms. The largest absolute Gasteiger partial charge is 0.196 e. The third-order valence-electron chi connectivity index (χ3n) is 6.37. The molecule has 2 rings (SSSR count).